The van der Waals surface area contributed by atoms with Gasteiger partial charge in [-0.05, 0) is 23.3 Å². The summed E-state index contributed by atoms with van der Waals surface area (Å²) in [6.07, 6.45) is 0. The van der Waals surface area contributed by atoms with Crippen molar-refractivity contribution in [3.05, 3.63) is 71.9 Å². The van der Waals surface area contributed by atoms with E-state index in [-0.39, 0.29) is 12.5 Å². The van der Waals surface area contributed by atoms with E-state index in [0.29, 0.717) is 11.5 Å². The number of hydrogen-bond acceptors (Lipinski definition) is 5. The third-order valence-electron chi connectivity index (χ3n) is 3.12. The lowest BCUT2D eigenvalue weighted by Crippen LogP contribution is -2.05. The van der Waals surface area contributed by atoms with Gasteiger partial charge in [-0.1, -0.05) is 42.5 Å². The molecule has 0 amide bonds. The number of aromatic nitrogens is 2. The molecule has 3 rings (SSSR count). The van der Waals surface area contributed by atoms with Gasteiger partial charge in [0.1, 0.15) is 0 Å². The number of ether oxygens (including phenoxy) is 1. The smallest absolute Gasteiger partial charge is 0.338 e. The van der Waals surface area contributed by atoms with Gasteiger partial charge in [0, 0.05) is 6.92 Å². The quantitative estimate of drug-likeness (QED) is 0.690. The standard InChI is InChI=1S/C17H14N2O3/c1-12-18-19-16(22-12)11-21-17(20)15-9-7-14(8-10-15)13-5-3-2-4-6-13/h2-10H,11H2,1H3. The van der Waals surface area contributed by atoms with E-state index in [2.05, 4.69) is 10.2 Å². The van der Waals surface area contributed by atoms with Crippen LogP contribution in [0.5, 0.6) is 0 Å². The summed E-state index contributed by atoms with van der Waals surface area (Å²) in [5.41, 5.74) is 2.63. The van der Waals surface area contributed by atoms with Gasteiger partial charge in [-0.2, -0.15) is 0 Å². The molecule has 0 fully saturated rings. The number of aryl methyl sites for hydroxylation is 1. The second-order valence-corrected chi connectivity index (χ2v) is 4.73. The SMILES string of the molecule is Cc1nnc(COC(=O)c2ccc(-c3ccccc3)cc2)o1. The molecule has 0 spiro atoms. The van der Waals surface area contributed by atoms with Crippen LogP contribution in [0.1, 0.15) is 22.1 Å². The molecular weight excluding hydrogens is 280 g/mol. The molecular formula is C17H14N2O3. The first-order chi connectivity index (χ1) is 10.7. The highest BCUT2D eigenvalue weighted by molar-refractivity contribution is 5.90. The van der Waals surface area contributed by atoms with E-state index in [1.807, 2.05) is 42.5 Å². The molecule has 2 aromatic carbocycles. The van der Waals surface area contributed by atoms with Crippen LogP contribution in [0.3, 0.4) is 0 Å². The molecule has 1 heterocycles. The minimum atomic E-state index is -0.421. The van der Waals surface area contributed by atoms with Gasteiger partial charge >= 0.3 is 5.97 Å². The Kier molecular flexibility index (Phi) is 3.96. The van der Waals surface area contributed by atoms with E-state index in [1.54, 1.807) is 19.1 Å². The molecule has 110 valence electrons. The first-order valence-electron chi connectivity index (χ1n) is 6.84. The van der Waals surface area contributed by atoms with Gasteiger partial charge in [-0.25, -0.2) is 4.79 Å². The van der Waals surface area contributed by atoms with Gasteiger partial charge in [-0.15, -0.1) is 10.2 Å². The van der Waals surface area contributed by atoms with E-state index < -0.39 is 5.97 Å². The molecule has 0 atom stereocenters. The number of carbonyl (C=O) groups excluding carboxylic acids is 1. The Morgan fingerprint density at radius 3 is 2.32 bits per heavy atom. The summed E-state index contributed by atoms with van der Waals surface area (Å²) in [5.74, 6) is 0.306. The minimum absolute atomic E-state index is 0.0277. The zero-order valence-corrected chi connectivity index (χ0v) is 12.0. The van der Waals surface area contributed by atoms with E-state index >= 15 is 0 Å². The molecule has 0 N–H and O–H groups in total. The van der Waals surface area contributed by atoms with Crippen LogP contribution in [-0.2, 0) is 11.3 Å². The second kappa shape index (κ2) is 6.22. The monoisotopic (exact) mass is 294 g/mol. The first kappa shape index (κ1) is 14.0. The van der Waals surface area contributed by atoms with Crippen LogP contribution in [0.4, 0.5) is 0 Å². The fourth-order valence-electron chi connectivity index (χ4n) is 2.04. The Morgan fingerprint density at radius 2 is 1.68 bits per heavy atom. The van der Waals surface area contributed by atoms with Crippen molar-refractivity contribution in [3.8, 4) is 11.1 Å². The van der Waals surface area contributed by atoms with Gasteiger partial charge in [0.15, 0.2) is 6.61 Å². The van der Waals surface area contributed by atoms with Gasteiger partial charge in [-0.3, -0.25) is 0 Å². The molecule has 0 aliphatic heterocycles. The number of carbonyl (C=O) groups is 1. The normalized spacial score (nSPS) is 10.4. The summed E-state index contributed by atoms with van der Waals surface area (Å²) in [7, 11) is 0. The summed E-state index contributed by atoms with van der Waals surface area (Å²) in [4.78, 5) is 12.0. The van der Waals surface area contributed by atoms with E-state index in [0.717, 1.165) is 11.1 Å². The van der Waals surface area contributed by atoms with Crippen molar-refractivity contribution in [2.24, 2.45) is 0 Å². The van der Waals surface area contributed by atoms with E-state index in [4.69, 9.17) is 9.15 Å². The molecule has 3 aromatic rings. The van der Waals surface area contributed by atoms with Crippen LogP contribution < -0.4 is 0 Å². The van der Waals surface area contributed by atoms with Crippen molar-refractivity contribution in [2.45, 2.75) is 13.5 Å². The fourth-order valence-corrected chi connectivity index (χ4v) is 2.04. The molecule has 0 aliphatic rings. The van der Waals surface area contributed by atoms with Crippen LogP contribution in [-0.4, -0.2) is 16.2 Å². The number of hydrogen-bond donors (Lipinski definition) is 0. The number of esters is 1. The third kappa shape index (κ3) is 3.20. The summed E-state index contributed by atoms with van der Waals surface area (Å²) in [6.45, 7) is 1.65. The van der Waals surface area contributed by atoms with Gasteiger partial charge in [0.05, 0.1) is 5.56 Å². The highest BCUT2D eigenvalue weighted by atomic mass is 16.5. The second-order valence-electron chi connectivity index (χ2n) is 4.73. The third-order valence-corrected chi connectivity index (χ3v) is 3.12. The van der Waals surface area contributed by atoms with Crippen molar-refractivity contribution in [3.63, 3.8) is 0 Å². The molecule has 1 aromatic heterocycles. The van der Waals surface area contributed by atoms with Crippen molar-refractivity contribution in [1.29, 1.82) is 0 Å². The van der Waals surface area contributed by atoms with E-state index in [1.165, 1.54) is 0 Å². The average molecular weight is 294 g/mol. The molecule has 5 nitrogen and oxygen atoms in total. The molecule has 5 heteroatoms. The van der Waals surface area contributed by atoms with Crippen LogP contribution >= 0.6 is 0 Å². The maximum Gasteiger partial charge on any atom is 0.338 e. The molecule has 0 radical (unpaired) electrons. The number of rotatable bonds is 4. The number of nitrogens with zero attached hydrogens (tertiary/aromatic N) is 2. The summed E-state index contributed by atoms with van der Waals surface area (Å²) >= 11 is 0. The fraction of sp³-hybridized carbons (Fsp3) is 0.118. The molecule has 22 heavy (non-hydrogen) atoms. The van der Waals surface area contributed by atoms with Crippen LogP contribution in [0.25, 0.3) is 11.1 Å². The summed E-state index contributed by atoms with van der Waals surface area (Å²) < 4.78 is 10.3. The van der Waals surface area contributed by atoms with Crippen LogP contribution in [0, 0.1) is 6.92 Å². The highest BCUT2D eigenvalue weighted by Crippen LogP contribution is 2.19. The van der Waals surface area contributed by atoms with Crippen molar-refractivity contribution < 1.29 is 13.9 Å². The van der Waals surface area contributed by atoms with Gasteiger partial charge in [0.25, 0.3) is 5.89 Å². The van der Waals surface area contributed by atoms with Gasteiger partial charge in [0.2, 0.25) is 5.89 Å². The Bertz CT molecular complexity index is 764. The van der Waals surface area contributed by atoms with Crippen LogP contribution in [0.2, 0.25) is 0 Å². The average Bonchev–Trinajstić information content (AvgIpc) is 2.99. The minimum Gasteiger partial charge on any atom is -0.452 e. The van der Waals surface area contributed by atoms with Crippen molar-refractivity contribution in [1.82, 2.24) is 10.2 Å². The summed E-state index contributed by atoms with van der Waals surface area (Å²) in [5, 5.41) is 7.45. The van der Waals surface area contributed by atoms with Gasteiger partial charge < -0.3 is 9.15 Å². The Balaban J connectivity index is 1.66. The lowest BCUT2D eigenvalue weighted by Gasteiger charge is -2.04. The molecule has 0 unspecified atom stereocenters. The zero-order chi connectivity index (χ0) is 15.4. The first-order valence-corrected chi connectivity index (χ1v) is 6.84. The molecule has 0 aliphatic carbocycles. The Morgan fingerprint density at radius 1 is 1.00 bits per heavy atom. The summed E-state index contributed by atoms with van der Waals surface area (Å²) in [6, 6.07) is 17.2. The topological polar surface area (TPSA) is 65.2 Å². The Labute approximate surface area is 127 Å². The highest BCUT2D eigenvalue weighted by Gasteiger charge is 2.10. The number of benzene rings is 2. The van der Waals surface area contributed by atoms with Crippen molar-refractivity contribution >= 4 is 5.97 Å². The van der Waals surface area contributed by atoms with E-state index in [9.17, 15) is 4.79 Å². The van der Waals surface area contributed by atoms with Crippen LogP contribution in [0.15, 0.2) is 59.0 Å². The zero-order valence-electron chi connectivity index (χ0n) is 12.0. The molecule has 0 saturated carbocycles. The molecule has 0 bridgehead atoms. The maximum absolute atomic E-state index is 12.0. The predicted molar refractivity (Wildman–Crippen MR) is 80.0 cm³/mol. The predicted octanol–water partition coefficient (Wildman–Crippen LogP) is 3.40. The lowest BCUT2D eigenvalue weighted by molar-refractivity contribution is 0.0437. The van der Waals surface area contributed by atoms with Crippen molar-refractivity contribution in [2.75, 3.05) is 0 Å². The molecule has 0 saturated heterocycles. The Hall–Kier alpha value is -2.95. The largest absolute Gasteiger partial charge is 0.452 e. The lowest BCUT2D eigenvalue weighted by atomic mass is 10.0. The maximum atomic E-state index is 12.0.